The van der Waals surface area contributed by atoms with Gasteiger partial charge >= 0.3 is 5.97 Å². The Morgan fingerprint density at radius 1 is 0.860 bits per heavy atom. The van der Waals surface area contributed by atoms with Crippen LogP contribution in [-0.4, -0.2) is 98.0 Å². The summed E-state index contributed by atoms with van der Waals surface area (Å²) in [5.41, 5.74) is 4.57. The molecule has 0 aliphatic heterocycles. The van der Waals surface area contributed by atoms with Crippen molar-refractivity contribution in [1.29, 1.82) is 0 Å². The van der Waals surface area contributed by atoms with Crippen molar-refractivity contribution >= 4 is 46.2 Å². The van der Waals surface area contributed by atoms with Crippen LogP contribution in [0.5, 0.6) is 0 Å². The Kier molecular flexibility index (Phi) is 29.2. The van der Waals surface area contributed by atoms with Gasteiger partial charge in [0, 0.05) is 65.9 Å². The first-order valence-electron chi connectivity index (χ1n) is 17.1. The van der Waals surface area contributed by atoms with Crippen molar-refractivity contribution in [2.75, 3.05) is 33.0 Å². The molecule has 292 valence electrons. The standard InChI is InChI=1S/C22H42N2O6.C13H26N2O2P.BH.W/c1-15(12-19(2,3)18(28)29)16(26)24-21(6,7)13-20(4,5)17(27)23-10-11-30-22(8,9)14-25;1-10(2)7-8-12(16)15-9-5-4-6-11(14)13(17)18-3;;/h15,25H,10-14H2,1-9H3,(H,23,27)(H,24,26)(H,28,29);10-11,14,18H,4-9H2,1-3H3,(H,15,16);1H;/q;-1;;/t;11-;;/m.0../s1. The summed E-state index contributed by atoms with van der Waals surface area (Å²) in [5.74, 6) is -1.14. The summed E-state index contributed by atoms with van der Waals surface area (Å²) in [5, 5.41) is 27.1. The number of rotatable bonds is 23. The molecule has 2 radical (unpaired) electrons. The molecule has 15 heteroatoms. The van der Waals surface area contributed by atoms with Crippen molar-refractivity contribution in [3.8, 4) is 0 Å². The Labute approximate surface area is 320 Å². The molecule has 0 aromatic rings. The first kappa shape index (κ1) is 55.4. The Morgan fingerprint density at radius 2 is 1.42 bits per heavy atom. The summed E-state index contributed by atoms with van der Waals surface area (Å²) in [6.45, 7) is 22.9. The number of aliphatic carboxylic acids is 1. The molecular formula is C35H69BN4O8PW-. The topological polar surface area (TPSA) is 195 Å². The fraction of sp³-hybridized carbons (Fsp3) is 0.857. The van der Waals surface area contributed by atoms with Gasteiger partial charge in [0.1, 0.15) is 5.52 Å². The summed E-state index contributed by atoms with van der Waals surface area (Å²) in [6, 6.07) is -0.565. The molecule has 2 unspecified atom stereocenters. The molecule has 0 spiro atoms. The second-order valence-electron chi connectivity index (χ2n) is 15.7. The van der Waals surface area contributed by atoms with Crippen LogP contribution in [0.1, 0.15) is 121 Å². The maximum atomic E-state index is 12.6. The van der Waals surface area contributed by atoms with Gasteiger partial charge in [-0.15, -0.1) is 0 Å². The van der Waals surface area contributed by atoms with E-state index in [1.807, 2.05) is 34.4 Å². The molecule has 0 aromatic heterocycles. The van der Waals surface area contributed by atoms with Gasteiger partial charge in [-0.25, -0.2) is 0 Å². The summed E-state index contributed by atoms with van der Waals surface area (Å²) in [7, 11) is 0.221. The maximum Gasteiger partial charge on any atom is 0.309 e. The molecule has 0 fully saturated rings. The molecule has 0 aromatic carbocycles. The number of carbonyl (C=O) groups excluding carboxylic acids is 4. The van der Waals surface area contributed by atoms with Crippen LogP contribution in [0.25, 0.3) is 5.73 Å². The second kappa shape index (κ2) is 26.4. The van der Waals surface area contributed by atoms with Crippen molar-refractivity contribution in [2.45, 2.75) is 138 Å². The van der Waals surface area contributed by atoms with Crippen molar-refractivity contribution in [2.24, 2.45) is 22.7 Å². The van der Waals surface area contributed by atoms with Crippen molar-refractivity contribution in [3.05, 3.63) is 5.73 Å². The average molecular weight is 900 g/mol. The largest absolute Gasteiger partial charge is 0.668 e. The number of unbranched alkanes of at least 4 members (excludes halogenated alkanes) is 1. The van der Waals surface area contributed by atoms with Crippen molar-refractivity contribution < 1.29 is 60.0 Å². The van der Waals surface area contributed by atoms with Gasteiger partial charge in [-0.1, -0.05) is 62.1 Å². The second-order valence-corrected chi connectivity index (χ2v) is 16.7. The SMILES string of the molecule is CC(CC(C)(C)C(=O)O)C(=O)NC(C)(C)CC(C)(C)C(=O)NCCOC(C)(C)CO.CPC(=O)[C@@H]([NH-])CCCCNC(=O)CCC(C)C.[BH].[W]. The van der Waals surface area contributed by atoms with Gasteiger partial charge in [0.15, 0.2) is 0 Å². The van der Waals surface area contributed by atoms with E-state index in [0.29, 0.717) is 38.3 Å². The molecular weight excluding hydrogens is 830 g/mol. The van der Waals surface area contributed by atoms with Crippen LogP contribution in [0.4, 0.5) is 0 Å². The number of aliphatic hydroxyl groups excluding tert-OH is 1. The molecule has 3 amide bonds. The van der Waals surface area contributed by atoms with E-state index in [4.69, 9.17) is 10.5 Å². The van der Waals surface area contributed by atoms with Gasteiger partial charge in [-0.05, 0) is 79.8 Å². The fourth-order valence-corrected chi connectivity index (χ4v) is 5.42. The molecule has 12 nitrogen and oxygen atoms in total. The zero-order valence-corrected chi connectivity index (χ0v) is 36.9. The van der Waals surface area contributed by atoms with E-state index < -0.39 is 39.9 Å². The van der Waals surface area contributed by atoms with Crippen LogP contribution < -0.4 is 16.0 Å². The summed E-state index contributed by atoms with van der Waals surface area (Å²) in [4.78, 5) is 59.1. The third-order valence-corrected chi connectivity index (χ3v) is 8.66. The predicted octanol–water partition coefficient (Wildman–Crippen LogP) is 4.65. The van der Waals surface area contributed by atoms with Gasteiger partial charge in [0.05, 0.1) is 24.2 Å². The van der Waals surface area contributed by atoms with Crippen LogP contribution in [0.3, 0.4) is 0 Å². The number of aliphatic hydroxyl groups is 1. The molecule has 0 saturated carbocycles. The molecule has 0 rings (SSSR count). The van der Waals surface area contributed by atoms with E-state index in [1.165, 1.54) is 0 Å². The molecule has 50 heavy (non-hydrogen) atoms. The zero-order chi connectivity index (χ0) is 37.9. The van der Waals surface area contributed by atoms with Gasteiger partial charge in [-0.3, -0.25) is 24.0 Å². The Hall–Kier alpha value is -1.39. The minimum absolute atomic E-state index is 0. The third-order valence-electron chi connectivity index (χ3n) is 7.82. The molecule has 0 bridgehead atoms. The number of ether oxygens (including phenoxy) is 1. The third kappa shape index (κ3) is 26.4. The van der Waals surface area contributed by atoms with Gasteiger partial charge < -0.3 is 36.6 Å². The van der Waals surface area contributed by atoms with Gasteiger partial charge in [-0.2, -0.15) is 0 Å². The predicted molar refractivity (Wildman–Crippen MR) is 201 cm³/mol. The number of carboxylic acid groups (broad SMARTS) is 1. The summed E-state index contributed by atoms with van der Waals surface area (Å²) in [6.07, 6.45) is 4.42. The normalized spacial score (nSPS) is 13.3. The maximum absolute atomic E-state index is 12.6. The van der Waals surface area contributed by atoms with Crippen LogP contribution in [0.2, 0.25) is 0 Å². The summed E-state index contributed by atoms with van der Waals surface area (Å²) >= 11 is 0. The minimum atomic E-state index is -0.993. The fourth-order valence-electron chi connectivity index (χ4n) is 4.92. The number of hydrogen-bond acceptors (Lipinski definition) is 7. The molecule has 0 aliphatic rings. The van der Waals surface area contributed by atoms with E-state index in [9.17, 15) is 34.2 Å². The van der Waals surface area contributed by atoms with Crippen LogP contribution in [0.15, 0.2) is 0 Å². The van der Waals surface area contributed by atoms with E-state index in [2.05, 4.69) is 29.8 Å². The van der Waals surface area contributed by atoms with Crippen molar-refractivity contribution in [1.82, 2.24) is 16.0 Å². The summed E-state index contributed by atoms with van der Waals surface area (Å²) < 4.78 is 5.51. The van der Waals surface area contributed by atoms with E-state index in [1.54, 1.807) is 34.6 Å². The monoisotopic (exact) mass is 899 g/mol. The smallest absolute Gasteiger partial charge is 0.309 e. The number of hydrogen-bond donors (Lipinski definition) is 5. The zero-order valence-electron chi connectivity index (χ0n) is 33.0. The van der Waals surface area contributed by atoms with Crippen LogP contribution in [0, 0.1) is 22.7 Å². The van der Waals surface area contributed by atoms with E-state index in [-0.39, 0.29) is 80.9 Å². The van der Waals surface area contributed by atoms with Crippen molar-refractivity contribution in [3.63, 3.8) is 0 Å². The first-order chi connectivity index (χ1) is 21.8. The Balaban J connectivity index is -0.000000456. The number of carboxylic acids is 1. The molecule has 3 atom stereocenters. The Morgan fingerprint density at radius 3 is 1.90 bits per heavy atom. The van der Waals surface area contributed by atoms with E-state index in [0.717, 1.165) is 19.3 Å². The van der Waals surface area contributed by atoms with Gasteiger partial charge in [0.2, 0.25) is 17.7 Å². The minimum Gasteiger partial charge on any atom is -0.668 e. The first-order valence-corrected chi connectivity index (χ1v) is 18.6. The molecule has 0 aliphatic carbocycles. The molecule has 6 N–H and O–H groups in total. The average Bonchev–Trinajstić information content (AvgIpc) is 2.96. The van der Waals surface area contributed by atoms with Crippen LogP contribution >= 0.6 is 8.58 Å². The van der Waals surface area contributed by atoms with Crippen LogP contribution in [-0.2, 0) is 49.8 Å². The molecule has 0 saturated heterocycles. The van der Waals surface area contributed by atoms with Gasteiger partial charge in [0.25, 0.3) is 0 Å². The number of nitrogens with one attached hydrogen (secondary N) is 4. The Bertz CT molecular complexity index is 1030. The quantitative estimate of drug-likeness (QED) is 0.0556. The molecule has 0 heterocycles. The number of amides is 3. The number of carbonyl (C=O) groups is 5. The van der Waals surface area contributed by atoms with E-state index >= 15 is 0 Å².